The summed E-state index contributed by atoms with van der Waals surface area (Å²) in [4.78, 5) is 4.18. The number of pyridine rings is 1. The molecular weight excluding hydrogens is 294 g/mol. The number of nitrogens with one attached hydrogen (secondary N) is 2. The van der Waals surface area contributed by atoms with Crippen molar-refractivity contribution in [1.29, 1.82) is 0 Å². The Labute approximate surface area is 100 Å². The standard InChI is InChI=1S/C9H6BrN3O2S/c10-6-4-7-9(13-16(14,15)12-7)8-5(6)2-1-3-11-8/h1-4,12-13H. The Kier molecular flexibility index (Phi) is 1.90. The molecule has 1 aromatic carbocycles. The van der Waals surface area contributed by atoms with E-state index in [-0.39, 0.29) is 0 Å². The van der Waals surface area contributed by atoms with Crippen LogP contribution in [0.15, 0.2) is 28.9 Å². The Bertz CT molecular complexity index is 699. The fraction of sp³-hybridized carbons (Fsp3) is 0. The average Bonchev–Trinajstić information content (AvgIpc) is 2.53. The highest BCUT2D eigenvalue weighted by molar-refractivity contribution is 9.10. The molecule has 1 aliphatic rings. The first kappa shape index (κ1) is 9.86. The van der Waals surface area contributed by atoms with Gasteiger partial charge in [-0.2, -0.15) is 8.42 Å². The Morgan fingerprint density at radius 3 is 2.94 bits per heavy atom. The summed E-state index contributed by atoms with van der Waals surface area (Å²) < 4.78 is 28.4. The third kappa shape index (κ3) is 1.35. The van der Waals surface area contributed by atoms with Gasteiger partial charge in [0.05, 0.1) is 11.2 Å². The van der Waals surface area contributed by atoms with Crippen molar-refractivity contribution in [2.24, 2.45) is 0 Å². The molecule has 0 fully saturated rings. The van der Waals surface area contributed by atoms with Gasteiger partial charge in [0.1, 0.15) is 5.69 Å². The zero-order valence-electron chi connectivity index (χ0n) is 7.86. The van der Waals surface area contributed by atoms with Gasteiger partial charge < -0.3 is 0 Å². The van der Waals surface area contributed by atoms with Gasteiger partial charge in [-0.25, -0.2) is 0 Å². The van der Waals surface area contributed by atoms with Crippen molar-refractivity contribution in [3.8, 4) is 0 Å². The first-order chi connectivity index (χ1) is 7.57. The summed E-state index contributed by atoms with van der Waals surface area (Å²) in [5.74, 6) is 0. The number of benzene rings is 1. The van der Waals surface area contributed by atoms with E-state index in [2.05, 4.69) is 30.4 Å². The van der Waals surface area contributed by atoms with Crippen LogP contribution < -0.4 is 9.44 Å². The fourth-order valence-corrected chi connectivity index (χ4v) is 3.22. The molecule has 0 radical (unpaired) electrons. The Hall–Kier alpha value is -1.34. The van der Waals surface area contributed by atoms with Crippen LogP contribution in [0.4, 0.5) is 11.4 Å². The first-order valence-electron chi connectivity index (χ1n) is 4.45. The molecule has 1 aromatic heterocycles. The van der Waals surface area contributed by atoms with Gasteiger partial charge in [0, 0.05) is 16.1 Å². The van der Waals surface area contributed by atoms with E-state index in [9.17, 15) is 8.42 Å². The summed E-state index contributed by atoms with van der Waals surface area (Å²) in [6.45, 7) is 0. The number of halogens is 1. The molecule has 1 aliphatic heterocycles. The summed E-state index contributed by atoms with van der Waals surface area (Å²) >= 11 is 3.39. The summed E-state index contributed by atoms with van der Waals surface area (Å²) in [6, 6.07) is 5.40. The quantitative estimate of drug-likeness (QED) is 0.782. The second-order valence-corrected chi connectivity index (χ2v) is 5.66. The van der Waals surface area contributed by atoms with Gasteiger partial charge in [-0.3, -0.25) is 14.4 Å². The summed E-state index contributed by atoms with van der Waals surface area (Å²) in [6.07, 6.45) is 1.63. The number of anilines is 2. The molecule has 5 nitrogen and oxygen atoms in total. The van der Waals surface area contributed by atoms with Gasteiger partial charge in [-0.1, -0.05) is 22.0 Å². The predicted octanol–water partition coefficient (Wildman–Crippen LogP) is 2.08. The Morgan fingerprint density at radius 1 is 1.31 bits per heavy atom. The zero-order chi connectivity index (χ0) is 11.3. The van der Waals surface area contributed by atoms with Gasteiger partial charge in [0.2, 0.25) is 0 Å². The van der Waals surface area contributed by atoms with E-state index in [0.717, 1.165) is 9.86 Å². The summed E-state index contributed by atoms with van der Waals surface area (Å²) in [5.41, 5.74) is 1.64. The van der Waals surface area contributed by atoms with Crippen LogP contribution in [0.5, 0.6) is 0 Å². The molecule has 0 amide bonds. The maximum atomic E-state index is 11.4. The minimum Gasteiger partial charge on any atom is -0.264 e. The minimum atomic E-state index is -3.47. The number of rotatable bonds is 0. The lowest BCUT2D eigenvalue weighted by atomic mass is 10.1. The number of aromatic nitrogens is 1. The number of nitrogens with zero attached hydrogens (tertiary/aromatic N) is 1. The number of hydrogen-bond acceptors (Lipinski definition) is 3. The maximum Gasteiger partial charge on any atom is 0.321 e. The molecule has 16 heavy (non-hydrogen) atoms. The van der Waals surface area contributed by atoms with Crippen LogP contribution in [0.1, 0.15) is 0 Å². The van der Waals surface area contributed by atoms with Crippen molar-refractivity contribution in [2.75, 3.05) is 9.44 Å². The van der Waals surface area contributed by atoms with Crippen molar-refractivity contribution >= 4 is 48.4 Å². The molecule has 2 aromatic rings. The monoisotopic (exact) mass is 299 g/mol. The third-order valence-electron chi connectivity index (χ3n) is 2.32. The van der Waals surface area contributed by atoms with Crippen molar-refractivity contribution in [3.63, 3.8) is 0 Å². The lowest BCUT2D eigenvalue weighted by Gasteiger charge is -2.04. The molecule has 0 saturated carbocycles. The normalized spacial score (nSPS) is 16.6. The van der Waals surface area contributed by atoms with E-state index in [1.54, 1.807) is 18.3 Å². The molecule has 0 saturated heterocycles. The third-order valence-corrected chi connectivity index (χ3v) is 3.94. The number of hydrogen-bond donors (Lipinski definition) is 2. The van der Waals surface area contributed by atoms with Crippen molar-refractivity contribution in [1.82, 2.24) is 4.98 Å². The van der Waals surface area contributed by atoms with E-state index >= 15 is 0 Å². The molecule has 0 unspecified atom stereocenters. The molecule has 2 N–H and O–H groups in total. The smallest absolute Gasteiger partial charge is 0.264 e. The van der Waals surface area contributed by atoms with Crippen LogP contribution in [0.25, 0.3) is 10.9 Å². The molecule has 3 rings (SSSR count). The minimum absolute atomic E-state index is 0.499. The molecule has 2 heterocycles. The SMILES string of the molecule is O=S1(=O)Nc2cc(Br)c3cccnc3c2N1. The molecule has 0 bridgehead atoms. The van der Waals surface area contributed by atoms with E-state index in [1.165, 1.54) is 0 Å². The van der Waals surface area contributed by atoms with E-state index in [1.807, 2.05) is 6.07 Å². The molecule has 7 heteroatoms. The molecule has 0 atom stereocenters. The maximum absolute atomic E-state index is 11.4. The van der Waals surface area contributed by atoms with Gasteiger partial charge >= 0.3 is 10.2 Å². The van der Waals surface area contributed by atoms with E-state index < -0.39 is 10.2 Å². The second kappa shape index (κ2) is 3.08. The predicted molar refractivity (Wildman–Crippen MR) is 65.6 cm³/mol. The first-order valence-corrected chi connectivity index (χ1v) is 6.72. The second-order valence-electron chi connectivity index (χ2n) is 3.39. The Balaban J connectivity index is 2.43. The van der Waals surface area contributed by atoms with Gasteiger partial charge in [0.25, 0.3) is 0 Å². The van der Waals surface area contributed by atoms with E-state index in [4.69, 9.17) is 0 Å². The van der Waals surface area contributed by atoms with Gasteiger partial charge in [-0.05, 0) is 12.1 Å². The molecule has 0 aliphatic carbocycles. The topological polar surface area (TPSA) is 71.1 Å². The Morgan fingerprint density at radius 2 is 2.12 bits per heavy atom. The van der Waals surface area contributed by atoms with Crippen LogP contribution in [0, 0.1) is 0 Å². The van der Waals surface area contributed by atoms with Gasteiger partial charge in [-0.15, -0.1) is 0 Å². The lowest BCUT2D eigenvalue weighted by molar-refractivity contribution is 0.607. The lowest BCUT2D eigenvalue weighted by Crippen LogP contribution is -2.12. The van der Waals surface area contributed by atoms with Crippen LogP contribution in [-0.4, -0.2) is 13.4 Å². The zero-order valence-corrected chi connectivity index (χ0v) is 10.3. The van der Waals surface area contributed by atoms with Crippen molar-refractivity contribution in [3.05, 3.63) is 28.9 Å². The average molecular weight is 300 g/mol. The highest BCUT2D eigenvalue weighted by Gasteiger charge is 2.25. The van der Waals surface area contributed by atoms with Gasteiger partial charge in [0.15, 0.2) is 0 Å². The van der Waals surface area contributed by atoms with Crippen molar-refractivity contribution < 1.29 is 8.42 Å². The number of fused-ring (bicyclic) bond motifs is 3. The largest absolute Gasteiger partial charge is 0.321 e. The summed E-state index contributed by atoms with van der Waals surface area (Å²) in [5, 5.41) is 0.868. The highest BCUT2D eigenvalue weighted by Crippen LogP contribution is 2.39. The van der Waals surface area contributed by atoms with E-state index in [0.29, 0.717) is 16.9 Å². The molecular formula is C9H6BrN3O2S. The van der Waals surface area contributed by atoms with Crippen molar-refractivity contribution in [2.45, 2.75) is 0 Å². The van der Waals surface area contributed by atoms with Crippen LogP contribution >= 0.6 is 15.9 Å². The highest BCUT2D eigenvalue weighted by atomic mass is 79.9. The fourth-order valence-electron chi connectivity index (χ4n) is 1.69. The molecule has 0 spiro atoms. The van der Waals surface area contributed by atoms with Crippen LogP contribution in [0.3, 0.4) is 0 Å². The summed E-state index contributed by atoms with van der Waals surface area (Å²) in [7, 11) is -3.47. The molecule has 82 valence electrons. The van der Waals surface area contributed by atoms with Crippen LogP contribution in [-0.2, 0) is 10.2 Å². The van der Waals surface area contributed by atoms with Crippen LogP contribution in [0.2, 0.25) is 0 Å².